The number of likely N-dealkylation sites (tertiary alicyclic amines) is 1. The second-order valence-electron chi connectivity index (χ2n) is 6.06. The summed E-state index contributed by atoms with van der Waals surface area (Å²) in [6, 6.07) is 0. The van der Waals surface area contributed by atoms with Crippen molar-refractivity contribution in [3.63, 3.8) is 0 Å². The van der Waals surface area contributed by atoms with E-state index < -0.39 is 5.60 Å². The summed E-state index contributed by atoms with van der Waals surface area (Å²) in [6.07, 6.45) is 2.01. The van der Waals surface area contributed by atoms with Crippen molar-refractivity contribution in [3.8, 4) is 0 Å². The van der Waals surface area contributed by atoms with Gasteiger partial charge in [0.2, 0.25) is 0 Å². The van der Waals surface area contributed by atoms with Gasteiger partial charge in [0.05, 0.1) is 0 Å². The molecule has 0 radical (unpaired) electrons. The van der Waals surface area contributed by atoms with E-state index in [9.17, 15) is 4.79 Å². The molecule has 3 nitrogen and oxygen atoms in total. The summed E-state index contributed by atoms with van der Waals surface area (Å²) in [5, 5.41) is 0. The Kier molecular flexibility index (Phi) is 2.85. The molecule has 0 aromatic carbocycles. The van der Waals surface area contributed by atoms with Crippen LogP contribution in [0.15, 0.2) is 0 Å². The van der Waals surface area contributed by atoms with Gasteiger partial charge in [-0.1, -0.05) is 0 Å². The van der Waals surface area contributed by atoms with Gasteiger partial charge in [0.1, 0.15) is 0 Å². The number of rotatable bonds is 0. The Labute approximate surface area is 98.2 Å². The molecule has 0 N–H and O–H groups in total. The molecule has 1 aliphatic heterocycles. The van der Waals surface area contributed by atoms with E-state index >= 15 is 0 Å². The maximum atomic E-state index is 11.9. The average Bonchev–Trinajstić information content (AvgIpc) is 2.56. The molecule has 1 saturated carbocycles. The zero-order valence-corrected chi connectivity index (χ0v) is 10.5. The van der Waals surface area contributed by atoms with Gasteiger partial charge in [0, 0.05) is 0 Å². The first-order valence-corrected chi connectivity index (χ1v) is 6.00. The first kappa shape index (κ1) is 11.7. The molecule has 1 saturated heterocycles. The summed E-state index contributed by atoms with van der Waals surface area (Å²) in [5.74, 6) is 1.25. The van der Waals surface area contributed by atoms with Gasteiger partial charge in [-0.2, -0.15) is 0 Å². The molecule has 16 heavy (non-hydrogen) atoms. The van der Waals surface area contributed by atoms with Crippen LogP contribution in [0.3, 0.4) is 0 Å². The SMILES string of the molecule is B=C1C[C@@H]2CN(C(=O)OC(C)(C)C)C[C@@H]2C1. The summed E-state index contributed by atoms with van der Waals surface area (Å²) < 4.78 is 5.38. The number of nitrogens with zero attached hydrogens (tertiary/aromatic N) is 1. The number of hydrogen-bond donors (Lipinski definition) is 0. The van der Waals surface area contributed by atoms with Crippen molar-refractivity contribution in [2.75, 3.05) is 13.1 Å². The monoisotopic (exact) mass is 221 g/mol. The van der Waals surface area contributed by atoms with Gasteiger partial charge in [-0.05, 0) is 0 Å². The molecule has 2 fully saturated rings. The number of carbonyl (C=O) groups excluding carboxylic acids is 1. The van der Waals surface area contributed by atoms with Gasteiger partial charge in [-0.3, -0.25) is 0 Å². The normalized spacial score (nSPS) is 29.4. The molecule has 0 spiro atoms. The first-order chi connectivity index (χ1) is 7.35. The van der Waals surface area contributed by atoms with E-state index in [1.807, 2.05) is 25.7 Å². The third-order valence-electron chi connectivity index (χ3n) is 3.33. The summed E-state index contributed by atoms with van der Waals surface area (Å²) in [7, 11) is 4.03. The molecule has 1 heterocycles. The number of amides is 1. The Bertz CT molecular complexity index is 305. The van der Waals surface area contributed by atoms with Crippen molar-refractivity contribution in [2.24, 2.45) is 11.8 Å². The second kappa shape index (κ2) is 3.90. The minimum atomic E-state index is -0.390. The summed E-state index contributed by atoms with van der Waals surface area (Å²) >= 11 is 0. The van der Waals surface area contributed by atoms with Gasteiger partial charge in [0.25, 0.3) is 0 Å². The Morgan fingerprint density at radius 2 is 1.81 bits per heavy atom. The predicted octanol–water partition coefficient (Wildman–Crippen LogP) is 1.34. The molecule has 0 bridgehead atoms. The third-order valence-corrected chi connectivity index (χ3v) is 3.33. The van der Waals surface area contributed by atoms with Crippen LogP contribution >= 0.6 is 0 Å². The summed E-state index contributed by atoms with van der Waals surface area (Å²) in [4.78, 5) is 13.7. The Morgan fingerprint density at radius 3 is 2.25 bits per heavy atom. The first-order valence-electron chi connectivity index (χ1n) is 6.00. The van der Waals surface area contributed by atoms with Crippen LogP contribution < -0.4 is 0 Å². The van der Waals surface area contributed by atoms with Gasteiger partial charge < -0.3 is 0 Å². The molecular weight excluding hydrogens is 201 g/mol. The Morgan fingerprint density at radius 1 is 1.31 bits per heavy atom. The molecule has 2 atom stereocenters. The van der Waals surface area contributed by atoms with Crippen LogP contribution in [0.5, 0.6) is 0 Å². The van der Waals surface area contributed by atoms with Crippen LogP contribution in [0.2, 0.25) is 0 Å². The fourth-order valence-electron chi connectivity index (χ4n) is 2.70. The van der Waals surface area contributed by atoms with Crippen LogP contribution in [-0.4, -0.2) is 42.6 Å². The van der Waals surface area contributed by atoms with Crippen LogP contribution in [-0.2, 0) is 4.74 Å². The van der Waals surface area contributed by atoms with E-state index in [2.05, 4.69) is 7.49 Å². The topological polar surface area (TPSA) is 29.5 Å². The predicted molar refractivity (Wildman–Crippen MR) is 66.2 cm³/mol. The van der Waals surface area contributed by atoms with Crippen LogP contribution in [0.25, 0.3) is 0 Å². The molecule has 2 aliphatic rings. The molecule has 1 aliphatic carbocycles. The minimum absolute atomic E-state index is 0.160. The summed E-state index contributed by atoms with van der Waals surface area (Å²) in [5.41, 5.74) is 0.956. The van der Waals surface area contributed by atoms with Gasteiger partial charge in [-0.15, -0.1) is 0 Å². The number of carbonyl (C=O) groups is 1. The Hall–Kier alpha value is -0.795. The molecule has 0 aromatic rings. The van der Waals surface area contributed by atoms with Crippen LogP contribution in [0.4, 0.5) is 4.79 Å². The van der Waals surface area contributed by atoms with E-state index in [1.165, 1.54) is 5.46 Å². The molecule has 0 unspecified atom stereocenters. The third kappa shape index (κ3) is 2.47. The fraction of sp³-hybridized carbons (Fsp3) is 0.833. The second-order valence-corrected chi connectivity index (χ2v) is 6.06. The number of fused-ring (bicyclic) bond motifs is 1. The number of hydrogen-bond acceptors (Lipinski definition) is 2. The molecule has 2 rings (SSSR count). The Balaban J connectivity index is 1.90. The molecular formula is C12H20BNO2. The quantitative estimate of drug-likeness (QED) is 0.577. The van der Waals surface area contributed by atoms with Gasteiger partial charge >= 0.3 is 97.6 Å². The average molecular weight is 221 g/mol. The van der Waals surface area contributed by atoms with E-state index in [4.69, 9.17) is 4.74 Å². The summed E-state index contributed by atoms with van der Waals surface area (Å²) in [6.45, 7) is 7.41. The van der Waals surface area contributed by atoms with Crippen LogP contribution in [0, 0.1) is 11.8 Å². The molecule has 0 aromatic heterocycles. The molecule has 1 amide bonds. The maximum absolute atomic E-state index is 11.9. The van der Waals surface area contributed by atoms with Crippen molar-refractivity contribution in [3.05, 3.63) is 0 Å². The van der Waals surface area contributed by atoms with Gasteiger partial charge in [-0.25, -0.2) is 0 Å². The molecule has 4 heteroatoms. The van der Waals surface area contributed by atoms with Crippen molar-refractivity contribution in [1.82, 2.24) is 4.90 Å². The van der Waals surface area contributed by atoms with Crippen molar-refractivity contribution in [1.29, 1.82) is 0 Å². The standard InChI is InChI=1S/C12H20BNO2/c1-12(2,3)16-11(15)14-6-8-4-10(13)5-9(8)7-14/h8-9,13H,4-7H2,1-3H3/t8-,9+. The van der Waals surface area contributed by atoms with E-state index in [0.717, 1.165) is 25.9 Å². The van der Waals surface area contributed by atoms with Crippen molar-refractivity contribution in [2.45, 2.75) is 39.2 Å². The van der Waals surface area contributed by atoms with Crippen molar-refractivity contribution >= 4 is 19.0 Å². The molecule has 88 valence electrons. The zero-order chi connectivity index (χ0) is 11.9. The number of ether oxygens (including phenoxy) is 1. The van der Waals surface area contributed by atoms with E-state index in [0.29, 0.717) is 11.8 Å². The fourth-order valence-corrected chi connectivity index (χ4v) is 2.70. The van der Waals surface area contributed by atoms with E-state index in [-0.39, 0.29) is 6.09 Å². The van der Waals surface area contributed by atoms with Gasteiger partial charge in [0.15, 0.2) is 0 Å². The van der Waals surface area contributed by atoms with Crippen molar-refractivity contribution < 1.29 is 9.53 Å². The van der Waals surface area contributed by atoms with E-state index in [1.54, 1.807) is 0 Å². The van der Waals surface area contributed by atoms with Crippen LogP contribution in [0.1, 0.15) is 33.6 Å². The zero-order valence-electron chi connectivity index (χ0n) is 10.5.